The Hall–Kier alpha value is -3.51. The fourth-order valence-electron chi connectivity index (χ4n) is 4.13. The molecule has 5 rings (SSSR count). The topological polar surface area (TPSA) is 63.9 Å². The van der Waals surface area contributed by atoms with Crippen molar-refractivity contribution >= 4 is 39.7 Å². The number of hydrogen-bond acceptors (Lipinski definition) is 4. The number of fused-ring (bicyclic) bond motifs is 3. The SMILES string of the molecule is CN1C(=O)C(C/C=N/n2c3ccccc3c3ccccc32)COC12C=CC(=O)C=C2. The summed E-state index contributed by atoms with van der Waals surface area (Å²) in [6.07, 6.45) is 8.39. The highest BCUT2D eigenvalue weighted by Crippen LogP contribution is 2.31. The molecule has 2 aromatic carbocycles. The number of ether oxygens (including phenoxy) is 1. The molecule has 1 spiro atoms. The van der Waals surface area contributed by atoms with Crippen LogP contribution in [0.25, 0.3) is 21.8 Å². The monoisotopic (exact) mass is 399 g/mol. The lowest BCUT2D eigenvalue weighted by molar-refractivity contribution is -0.174. The predicted molar refractivity (Wildman–Crippen MR) is 116 cm³/mol. The van der Waals surface area contributed by atoms with Crippen LogP contribution in [0, 0.1) is 5.92 Å². The van der Waals surface area contributed by atoms with Gasteiger partial charge in [-0.15, -0.1) is 0 Å². The highest BCUT2D eigenvalue weighted by molar-refractivity contribution is 6.08. The average Bonchev–Trinajstić information content (AvgIpc) is 3.10. The molecule has 2 heterocycles. The molecule has 1 amide bonds. The number of para-hydroxylation sites is 2. The van der Waals surface area contributed by atoms with Gasteiger partial charge in [0.1, 0.15) is 0 Å². The van der Waals surface area contributed by atoms with E-state index >= 15 is 0 Å². The van der Waals surface area contributed by atoms with Crippen molar-refractivity contribution in [1.82, 2.24) is 9.58 Å². The van der Waals surface area contributed by atoms with E-state index in [1.165, 1.54) is 12.2 Å². The van der Waals surface area contributed by atoms with E-state index in [9.17, 15) is 9.59 Å². The van der Waals surface area contributed by atoms with Gasteiger partial charge in [-0.05, 0) is 42.9 Å². The summed E-state index contributed by atoms with van der Waals surface area (Å²) >= 11 is 0. The number of ketones is 1. The van der Waals surface area contributed by atoms with Crippen LogP contribution in [0.2, 0.25) is 0 Å². The minimum atomic E-state index is -0.967. The molecule has 2 aliphatic rings. The summed E-state index contributed by atoms with van der Waals surface area (Å²) in [6, 6.07) is 16.3. The van der Waals surface area contributed by atoms with E-state index in [0.717, 1.165) is 21.8 Å². The molecule has 1 aliphatic carbocycles. The Labute approximate surface area is 173 Å². The minimum absolute atomic E-state index is 0.0291. The fraction of sp³-hybridized carbons (Fsp3) is 0.208. The second kappa shape index (κ2) is 7.07. The van der Waals surface area contributed by atoms with Crippen molar-refractivity contribution in [2.45, 2.75) is 12.1 Å². The third-order valence-electron chi connectivity index (χ3n) is 5.83. The number of benzene rings is 2. The summed E-state index contributed by atoms with van der Waals surface area (Å²) in [5.74, 6) is -0.457. The first-order valence-corrected chi connectivity index (χ1v) is 9.94. The lowest BCUT2D eigenvalue weighted by Gasteiger charge is -2.44. The van der Waals surface area contributed by atoms with Crippen LogP contribution in [0.1, 0.15) is 6.42 Å². The molecule has 0 bridgehead atoms. The molecular weight excluding hydrogens is 378 g/mol. The number of rotatable bonds is 3. The zero-order valence-corrected chi connectivity index (χ0v) is 16.6. The molecule has 0 saturated carbocycles. The largest absolute Gasteiger partial charge is 0.347 e. The van der Waals surface area contributed by atoms with Gasteiger partial charge in [0.25, 0.3) is 0 Å². The Morgan fingerprint density at radius 1 is 1.03 bits per heavy atom. The van der Waals surface area contributed by atoms with E-state index < -0.39 is 5.72 Å². The fourth-order valence-corrected chi connectivity index (χ4v) is 4.13. The van der Waals surface area contributed by atoms with Crippen LogP contribution in [0.15, 0.2) is 77.9 Å². The lowest BCUT2D eigenvalue weighted by Crippen LogP contribution is -2.57. The molecule has 1 unspecified atom stereocenters. The molecule has 6 heteroatoms. The summed E-state index contributed by atoms with van der Waals surface area (Å²) in [5.41, 5.74) is 1.09. The van der Waals surface area contributed by atoms with Crippen molar-refractivity contribution in [3.8, 4) is 0 Å². The van der Waals surface area contributed by atoms with E-state index in [2.05, 4.69) is 17.2 Å². The van der Waals surface area contributed by atoms with E-state index in [0.29, 0.717) is 6.42 Å². The van der Waals surface area contributed by atoms with Crippen molar-refractivity contribution in [2.24, 2.45) is 11.0 Å². The van der Waals surface area contributed by atoms with Crippen LogP contribution in [0.3, 0.4) is 0 Å². The van der Waals surface area contributed by atoms with Crippen LogP contribution in [0.5, 0.6) is 0 Å². The number of amides is 1. The van der Waals surface area contributed by atoms with Crippen LogP contribution < -0.4 is 0 Å². The van der Waals surface area contributed by atoms with Gasteiger partial charge in [-0.25, -0.2) is 4.68 Å². The number of nitrogens with zero attached hydrogens (tertiary/aromatic N) is 3. The first kappa shape index (κ1) is 18.5. The predicted octanol–water partition coefficient (Wildman–Crippen LogP) is 3.51. The van der Waals surface area contributed by atoms with Crippen molar-refractivity contribution < 1.29 is 14.3 Å². The Morgan fingerprint density at radius 2 is 1.63 bits per heavy atom. The quantitative estimate of drug-likeness (QED) is 0.633. The third-order valence-corrected chi connectivity index (χ3v) is 5.83. The molecule has 1 aromatic heterocycles. The number of aromatic nitrogens is 1. The van der Waals surface area contributed by atoms with Gasteiger partial charge in [-0.2, -0.15) is 5.10 Å². The maximum Gasteiger partial charge on any atom is 0.230 e. The van der Waals surface area contributed by atoms with Gasteiger partial charge in [0.2, 0.25) is 5.91 Å². The zero-order valence-electron chi connectivity index (χ0n) is 16.6. The summed E-state index contributed by atoms with van der Waals surface area (Å²) < 4.78 is 7.91. The van der Waals surface area contributed by atoms with Crippen LogP contribution >= 0.6 is 0 Å². The van der Waals surface area contributed by atoms with Gasteiger partial charge >= 0.3 is 0 Å². The molecule has 6 nitrogen and oxygen atoms in total. The highest BCUT2D eigenvalue weighted by atomic mass is 16.5. The van der Waals surface area contributed by atoms with Gasteiger partial charge in [-0.3, -0.25) is 9.59 Å². The van der Waals surface area contributed by atoms with E-state index in [-0.39, 0.29) is 24.2 Å². The van der Waals surface area contributed by atoms with Gasteiger partial charge in [0, 0.05) is 24.0 Å². The highest BCUT2D eigenvalue weighted by Gasteiger charge is 2.43. The van der Waals surface area contributed by atoms with Crippen LogP contribution in [-0.4, -0.2) is 46.9 Å². The second-order valence-corrected chi connectivity index (χ2v) is 7.61. The van der Waals surface area contributed by atoms with E-state index in [4.69, 9.17) is 4.74 Å². The smallest absolute Gasteiger partial charge is 0.230 e. The number of hydrogen-bond donors (Lipinski definition) is 0. The molecule has 150 valence electrons. The zero-order chi connectivity index (χ0) is 20.7. The molecule has 1 saturated heterocycles. The molecule has 1 aliphatic heterocycles. The van der Waals surface area contributed by atoms with E-state index in [1.807, 2.05) is 41.1 Å². The molecule has 0 N–H and O–H groups in total. The molecule has 0 radical (unpaired) electrons. The Balaban J connectivity index is 1.38. The van der Waals surface area contributed by atoms with Gasteiger partial charge in [0.15, 0.2) is 11.5 Å². The first-order valence-electron chi connectivity index (χ1n) is 9.94. The molecule has 1 atom stereocenters. The molecule has 30 heavy (non-hydrogen) atoms. The number of likely N-dealkylation sites (N-methyl/N-ethyl adjacent to an activating group) is 1. The maximum absolute atomic E-state index is 12.9. The number of allylic oxidation sites excluding steroid dienone is 2. The Kier molecular flexibility index (Phi) is 4.37. The van der Waals surface area contributed by atoms with Gasteiger partial charge in [0.05, 0.1) is 23.6 Å². The van der Waals surface area contributed by atoms with Crippen molar-refractivity contribution in [1.29, 1.82) is 0 Å². The van der Waals surface area contributed by atoms with E-state index in [1.54, 1.807) is 30.3 Å². The maximum atomic E-state index is 12.9. The lowest BCUT2D eigenvalue weighted by atomic mass is 9.97. The average molecular weight is 399 g/mol. The van der Waals surface area contributed by atoms with Crippen molar-refractivity contribution in [2.75, 3.05) is 13.7 Å². The molecule has 3 aromatic rings. The van der Waals surface area contributed by atoms with Gasteiger partial charge < -0.3 is 9.64 Å². The van der Waals surface area contributed by atoms with Crippen LogP contribution in [0.4, 0.5) is 0 Å². The van der Waals surface area contributed by atoms with Gasteiger partial charge in [-0.1, -0.05) is 36.4 Å². The third kappa shape index (κ3) is 2.88. The molecule has 1 fully saturated rings. The normalized spacial score (nSPS) is 21.0. The minimum Gasteiger partial charge on any atom is -0.347 e. The number of carbonyl (C=O) groups excluding carboxylic acids is 2. The Morgan fingerprint density at radius 3 is 2.27 bits per heavy atom. The second-order valence-electron chi connectivity index (χ2n) is 7.61. The van der Waals surface area contributed by atoms with Crippen molar-refractivity contribution in [3.63, 3.8) is 0 Å². The van der Waals surface area contributed by atoms with Crippen LogP contribution in [-0.2, 0) is 14.3 Å². The summed E-state index contributed by atoms with van der Waals surface area (Å²) in [5, 5.41) is 6.98. The Bertz CT molecular complexity index is 1180. The number of carbonyl (C=O) groups is 2. The standard InChI is InChI=1S/C24H21N3O3/c1-26-23(29)17(16-30-24(26)13-10-18(28)11-14-24)12-15-25-27-21-8-4-2-6-19(21)20-7-3-5-9-22(20)27/h2-11,13-15,17H,12,16H2,1H3/b25-15+. The molecular formula is C24H21N3O3. The first-order chi connectivity index (χ1) is 14.6. The van der Waals surface area contributed by atoms with Crippen molar-refractivity contribution in [3.05, 3.63) is 72.8 Å². The summed E-state index contributed by atoms with van der Waals surface area (Å²) in [4.78, 5) is 25.9. The summed E-state index contributed by atoms with van der Waals surface area (Å²) in [7, 11) is 1.70. The summed E-state index contributed by atoms with van der Waals surface area (Å²) in [6.45, 7) is 0.269.